The van der Waals surface area contributed by atoms with Crippen LogP contribution in [0.4, 0.5) is 0 Å². The van der Waals surface area contributed by atoms with Crippen LogP contribution in [0.5, 0.6) is 0 Å². The number of hydrogen-bond acceptors (Lipinski definition) is 5. The highest BCUT2D eigenvalue weighted by molar-refractivity contribution is 5.76. The summed E-state index contributed by atoms with van der Waals surface area (Å²) in [7, 11) is 0. The SMILES string of the molecule is O=C(Cn1cccnc1=O)N1CCC2(CC1)OCCC[C@@H]2O. The fourth-order valence-corrected chi connectivity index (χ4v) is 3.28. The molecule has 2 aliphatic heterocycles. The summed E-state index contributed by atoms with van der Waals surface area (Å²) in [6.45, 7) is 1.77. The van der Waals surface area contributed by atoms with Crippen molar-refractivity contribution < 1.29 is 14.6 Å². The van der Waals surface area contributed by atoms with Gasteiger partial charge in [-0.15, -0.1) is 0 Å². The molecule has 0 radical (unpaired) electrons. The lowest BCUT2D eigenvalue weighted by Crippen LogP contribution is -2.56. The second-order valence-corrected chi connectivity index (χ2v) is 5.98. The average Bonchev–Trinajstić information content (AvgIpc) is 2.53. The van der Waals surface area contributed by atoms with Gasteiger partial charge in [0.1, 0.15) is 6.54 Å². The summed E-state index contributed by atoms with van der Waals surface area (Å²) in [6.07, 6.45) is 5.46. The highest BCUT2D eigenvalue weighted by Gasteiger charge is 2.44. The minimum absolute atomic E-state index is 0.00306. The standard InChI is InChI=1S/C15H21N3O4/c19-12-3-1-10-22-15(12)4-8-17(9-5-15)13(20)11-18-7-2-6-16-14(18)21/h2,6-7,12,19H,1,3-5,8-11H2/t12-/m0/s1. The van der Waals surface area contributed by atoms with E-state index in [-0.39, 0.29) is 12.5 Å². The molecule has 22 heavy (non-hydrogen) atoms. The molecule has 2 saturated heterocycles. The number of piperidine rings is 1. The normalized spacial score (nSPS) is 24.4. The van der Waals surface area contributed by atoms with Crippen LogP contribution in [0.3, 0.4) is 0 Å². The molecule has 7 nitrogen and oxygen atoms in total. The lowest BCUT2D eigenvalue weighted by Gasteiger charge is -2.46. The zero-order chi connectivity index (χ0) is 15.6. The molecular weight excluding hydrogens is 286 g/mol. The monoisotopic (exact) mass is 307 g/mol. The third kappa shape index (κ3) is 2.91. The Hall–Kier alpha value is -1.73. The molecule has 0 aliphatic carbocycles. The van der Waals surface area contributed by atoms with Crippen molar-refractivity contribution in [3.63, 3.8) is 0 Å². The van der Waals surface area contributed by atoms with E-state index in [1.165, 1.54) is 10.8 Å². The molecule has 3 heterocycles. The van der Waals surface area contributed by atoms with Gasteiger partial charge in [0, 0.05) is 32.1 Å². The fraction of sp³-hybridized carbons (Fsp3) is 0.667. The maximum absolute atomic E-state index is 12.3. The van der Waals surface area contributed by atoms with Gasteiger partial charge >= 0.3 is 5.69 Å². The number of rotatable bonds is 2. The van der Waals surface area contributed by atoms with Crippen LogP contribution in [-0.2, 0) is 16.1 Å². The first-order valence-electron chi connectivity index (χ1n) is 7.72. The molecule has 1 spiro atoms. The Kier molecular flexibility index (Phi) is 4.26. The molecule has 0 saturated carbocycles. The van der Waals surface area contributed by atoms with E-state index < -0.39 is 17.4 Å². The van der Waals surface area contributed by atoms with Crippen LogP contribution in [0.25, 0.3) is 0 Å². The summed E-state index contributed by atoms with van der Waals surface area (Å²) in [5.74, 6) is -0.102. The van der Waals surface area contributed by atoms with Gasteiger partial charge in [0.25, 0.3) is 0 Å². The van der Waals surface area contributed by atoms with Crippen LogP contribution < -0.4 is 5.69 Å². The Bertz CT molecular complexity index is 592. The summed E-state index contributed by atoms with van der Waals surface area (Å²) in [5, 5.41) is 10.2. The van der Waals surface area contributed by atoms with E-state index in [2.05, 4.69) is 4.98 Å². The van der Waals surface area contributed by atoms with Crippen LogP contribution in [0.15, 0.2) is 23.3 Å². The van der Waals surface area contributed by atoms with Gasteiger partial charge in [0.15, 0.2) is 0 Å². The Labute approximate surface area is 128 Å². The van der Waals surface area contributed by atoms with Gasteiger partial charge in [0.2, 0.25) is 5.91 Å². The number of amides is 1. The lowest BCUT2D eigenvalue weighted by atomic mass is 9.82. The van der Waals surface area contributed by atoms with Crippen LogP contribution in [-0.4, -0.2) is 56.9 Å². The lowest BCUT2D eigenvalue weighted by molar-refractivity contribution is -0.179. The Morgan fingerprint density at radius 2 is 2.23 bits per heavy atom. The number of aromatic nitrogens is 2. The maximum atomic E-state index is 12.3. The molecular formula is C15H21N3O4. The Balaban J connectivity index is 1.60. The van der Waals surface area contributed by atoms with Gasteiger partial charge in [-0.2, -0.15) is 0 Å². The molecule has 7 heteroatoms. The second-order valence-electron chi connectivity index (χ2n) is 5.98. The van der Waals surface area contributed by atoms with Crippen molar-refractivity contribution in [2.24, 2.45) is 0 Å². The van der Waals surface area contributed by atoms with E-state index in [0.29, 0.717) is 32.5 Å². The third-order valence-corrected chi connectivity index (χ3v) is 4.67. The van der Waals surface area contributed by atoms with Crippen molar-refractivity contribution in [2.75, 3.05) is 19.7 Å². The molecule has 0 unspecified atom stereocenters. The van der Waals surface area contributed by atoms with E-state index in [1.54, 1.807) is 17.2 Å². The van der Waals surface area contributed by atoms with Crippen molar-refractivity contribution in [2.45, 2.75) is 43.9 Å². The number of carbonyl (C=O) groups excluding carboxylic acids is 1. The molecule has 0 bridgehead atoms. The van der Waals surface area contributed by atoms with Crippen molar-refractivity contribution in [1.29, 1.82) is 0 Å². The Morgan fingerprint density at radius 1 is 1.45 bits per heavy atom. The van der Waals surface area contributed by atoms with E-state index >= 15 is 0 Å². The van der Waals surface area contributed by atoms with Crippen LogP contribution in [0.2, 0.25) is 0 Å². The topological polar surface area (TPSA) is 84.7 Å². The zero-order valence-corrected chi connectivity index (χ0v) is 12.5. The number of likely N-dealkylation sites (tertiary alicyclic amines) is 1. The fourth-order valence-electron chi connectivity index (χ4n) is 3.28. The molecule has 1 amide bonds. The van der Waals surface area contributed by atoms with Gasteiger partial charge in [-0.3, -0.25) is 9.36 Å². The zero-order valence-electron chi connectivity index (χ0n) is 12.5. The Morgan fingerprint density at radius 3 is 2.91 bits per heavy atom. The van der Waals surface area contributed by atoms with Crippen LogP contribution >= 0.6 is 0 Å². The van der Waals surface area contributed by atoms with E-state index in [9.17, 15) is 14.7 Å². The number of aliphatic hydroxyl groups is 1. The predicted octanol–water partition coefficient (Wildman–Crippen LogP) is -0.224. The van der Waals surface area contributed by atoms with Crippen molar-refractivity contribution >= 4 is 5.91 Å². The first-order chi connectivity index (χ1) is 10.6. The quantitative estimate of drug-likeness (QED) is 0.816. The highest BCUT2D eigenvalue weighted by atomic mass is 16.5. The molecule has 1 atom stereocenters. The van der Waals surface area contributed by atoms with Gasteiger partial charge in [-0.05, 0) is 31.7 Å². The molecule has 2 aliphatic rings. The molecule has 0 aromatic carbocycles. The summed E-state index contributed by atoms with van der Waals surface area (Å²) in [4.78, 5) is 29.2. The number of ether oxygens (including phenoxy) is 1. The van der Waals surface area contributed by atoms with E-state index in [1.807, 2.05) is 0 Å². The van der Waals surface area contributed by atoms with Crippen molar-refractivity contribution in [1.82, 2.24) is 14.5 Å². The molecule has 2 fully saturated rings. The van der Waals surface area contributed by atoms with E-state index in [0.717, 1.165) is 12.8 Å². The second kappa shape index (κ2) is 6.18. The number of nitrogens with zero attached hydrogens (tertiary/aromatic N) is 3. The van der Waals surface area contributed by atoms with Crippen molar-refractivity contribution in [3.8, 4) is 0 Å². The van der Waals surface area contributed by atoms with E-state index in [4.69, 9.17) is 4.74 Å². The highest BCUT2D eigenvalue weighted by Crippen LogP contribution is 2.35. The summed E-state index contributed by atoms with van der Waals surface area (Å²) in [6, 6.07) is 1.63. The summed E-state index contributed by atoms with van der Waals surface area (Å²) >= 11 is 0. The van der Waals surface area contributed by atoms with Gasteiger partial charge in [0.05, 0.1) is 11.7 Å². The molecule has 3 rings (SSSR count). The van der Waals surface area contributed by atoms with Gasteiger partial charge < -0.3 is 14.7 Å². The van der Waals surface area contributed by atoms with Crippen LogP contribution in [0.1, 0.15) is 25.7 Å². The van der Waals surface area contributed by atoms with Crippen molar-refractivity contribution in [3.05, 3.63) is 28.9 Å². The van der Waals surface area contributed by atoms with Gasteiger partial charge in [-0.1, -0.05) is 0 Å². The number of aliphatic hydroxyl groups excluding tert-OH is 1. The first kappa shape index (κ1) is 15.2. The number of carbonyl (C=O) groups is 1. The molecule has 1 aromatic heterocycles. The molecule has 1 aromatic rings. The molecule has 1 N–H and O–H groups in total. The summed E-state index contributed by atoms with van der Waals surface area (Å²) in [5.41, 5.74) is -0.907. The minimum atomic E-state index is -0.486. The smallest absolute Gasteiger partial charge is 0.347 e. The average molecular weight is 307 g/mol. The predicted molar refractivity (Wildman–Crippen MR) is 78.2 cm³/mol. The maximum Gasteiger partial charge on any atom is 0.347 e. The number of hydrogen-bond donors (Lipinski definition) is 1. The first-order valence-corrected chi connectivity index (χ1v) is 7.72. The molecule has 120 valence electrons. The summed E-state index contributed by atoms with van der Waals surface area (Å²) < 4.78 is 7.14. The van der Waals surface area contributed by atoms with Gasteiger partial charge in [-0.25, -0.2) is 9.78 Å². The largest absolute Gasteiger partial charge is 0.390 e. The third-order valence-electron chi connectivity index (χ3n) is 4.67. The van der Waals surface area contributed by atoms with Crippen LogP contribution in [0, 0.1) is 0 Å². The minimum Gasteiger partial charge on any atom is -0.390 e.